The number of hydrogen-bond donors (Lipinski definition) is 2. The van der Waals surface area contributed by atoms with Gasteiger partial charge in [0.15, 0.2) is 0 Å². The number of piperazine rings is 1. The monoisotopic (exact) mass is 506 g/mol. The number of carbonyl (C=O) groups excluding carboxylic acids is 2. The molecule has 2 saturated heterocycles. The first-order valence-electron chi connectivity index (χ1n) is 12.3. The Hall–Kier alpha value is -3.34. The molecule has 0 spiro atoms. The summed E-state index contributed by atoms with van der Waals surface area (Å²) in [7, 11) is 0. The van der Waals surface area contributed by atoms with Gasteiger partial charge in [-0.3, -0.25) is 9.59 Å². The molecular weight excluding hydrogens is 476 g/mol. The van der Waals surface area contributed by atoms with E-state index in [1.165, 1.54) is 11.3 Å². The van der Waals surface area contributed by atoms with Gasteiger partial charge in [0.05, 0.1) is 24.6 Å². The number of amides is 2. The number of nitrogens with one attached hydrogen (secondary N) is 2. The van der Waals surface area contributed by atoms with E-state index in [9.17, 15) is 9.59 Å². The third-order valence-corrected chi connectivity index (χ3v) is 7.40. The Morgan fingerprint density at radius 2 is 1.75 bits per heavy atom. The van der Waals surface area contributed by atoms with Crippen LogP contribution in [0.5, 0.6) is 0 Å². The first-order chi connectivity index (χ1) is 17.7. The van der Waals surface area contributed by atoms with Gasteiger partial charge in [-0.1, -0.05) is 6.08 Å². The molecule has 3 aliphatic heterocycles. The molecule has 3 aliphatic rings. The van der Waals surface area contributed by atoms with Gasteiger partial charge in [-0.2, -0.15) is 0 Å². The van der Waals surface area contributed by atoms with E-state index in [2.05, 4.69) is 21.7 Å². The largest absolute Gasteiger partial charge is 0.378 e. The van der Waals surface area contributed by atoms with Gasteiger partial charge < -0.3 is 25.2 Å². The molecule has 0 saturated carbocycles. The maximum Gasteiger partial charge on any atom is 0.264 e. The number of ether oxygens (including phenoxy) is 1. The average molecular weight is 507 g/mol. The molecule has 0 aliphatic carbocycles. The molecule has 0 radical (unpaired) electrons. The minimum atomic E-state index is 0.0156. The highest BCUT2D eigenvalue weighted by atomic mass is 32.1. The molecule has 1 aromatic heterocycles. The normalized spacial score (nSPS) is 19.3. The lowest BCUT2D eigenvalue weighted by atomic mass is 10.1. The van der Waals surface area contributed by atoms with E-state index < -0.39 is 0 Å². The number of morpholine rings is 1. The van der Waals surface area contributed by atoms with Crippen molar-refractivity contribution in [3.63, 3.8) is 0 Å². The van der Waals surface area contributed by atoms with Crippen LogP contribution in [0.2, 0.25) is 0 Å². The topological polar surface area (TPSA) is 98.6 Å². The third kappa shape index (κ3) is 5.89. The maximum atomic E-state index is 13.0. The lowest BCUT2D eigenvalue weighted by molar-refractivity contribution is 0.0303. The van der Waals surface area contributed by atoms with Crippen LogP contribution in [0.4, 0.5) is 5.69 Å². The van der Waals surface area contributed by atoms with Crippen LogP contribution < -0.4 is 10.6 Å². The van der Waals surface area contributed by atoms with Crippen LogP contribution in [0.15, 0.2) is 46.4 Å². The van der Waals surface area contributed by atoms with E-state index in [0.717, 1.165) is 47.2 Å². The van der Waals surface area contributed by atoms with E-state index in [1.54, 1.807) is 0 Å². The zero-order valence-electron chi connectivity index (χ0n) is 20.1. The number of benzene rings is 1. The Bertz CT molecular complexity index is 1170. The summed E-state index contributed by atoms with van der Waals surface area (Å²) < 4.78 is 5.33. The fourth-order valence-corrected chi connectivity index (χ4v) is 5.33. The predicted molar refractivity (Wildman–Crippen MR) is 143 cm³/mol. The SMILES string of the molecule is O=C(c1ccc(NC2=NCc3cc(C(=O)N4CCNCC4)sc3/C=C\CC=N2)cc1)N1CCOCC1. The number of nitrogens with zero attached hydrogens (tertiary/aromatic N) is 4. The Morgan fingerprint density at radius 1 is 1.00 bits per heavy atom. The Labute approximate surface area is 214 Å². The van der Waals surface area contributed by atoms with Crippen molar-refractivity contribution in [1.82, 2.24) is 15.1 Å². The van der Waals surface area contributed by atoms with Gasteiger partial charge in [0.2, 0.25) is 5.96 Å². The van der Waals surface area contributed by atoms with Crippen LogP contribution in [0.1, 0.15) is 36.9 Å². The number of carbonyl (C=O) groups is 2. The van der Waals surface area contributed by atoms with E-state index in [4.69, 9.17) is 9.73 Å². The van der Waals surface area contributed by atoms with Crippen LogP contribution in [0.25, 0.3) is 6.08 Å². The van der Waals surface area contributed by atoms with Crippen molar-refractivity contribution in [1.29, 1.82) is 0 Å². The van der Waals surface area contributed by atoms with Gasteiger partial charge in [0, 0.05) is 68.0 Å². The highest BCUT2D eigenvalue weighted by Crippen LogP contribution is 2.27. The fourth-order valence-electron chi connectivity index (χ4n) is 4.26. The second kappa shape index (κ2) is 11.6. The van der Waals surface area contributed by atoms with Crippen LogP contribution in [0.3, 0.4) is 0 Å². The number of rotatable bonds is 3. The van der Waals surface area contributed by atoms with E-state index in [1.807, 2.05) is 52.4 Å². The summed E-state index contributed by atoms with van der Waals surface area (Å²) in [6.45, 7) is 5.93. The van der Waals surface area contributed by atoms with Crippen molar-refractivity contribution >= 4 is 47.1 Å². The number of anilines is 1. The lowest BCUT2D eigenvalue weighted by Gasteiger charge is -2.26. The molecule has 1 aromatic carbocycles. The van der Waals surface area contributed by atoms with Crippen LogP contribution >= 0.6 is 11.3 Å². The molecular formula is C26H30N6O3S. The predicted octanol–water partition coefficient (Wildman–Crippen LogP) is 2.72. The van der Waals surface area contributed by atoms with Gasteiger partial charge in [-0.15, -0.1) is 11.3 Å². The standard InChI is InChI=1S/C26H30N6O3S/c33-24(32-13-15-35-16-14-32)19-4-6-21(7-5-19)30-26-28-8-2-1-3-22-20(18-29-26)17-23(36-22)25(34)31-11-9-27-10-12-31/h1,3-8,17,27H,2,9-16,18H2,(H,29,30)/b3-1-,28-8?. The zero-order valence-corrected chi connectivity index (χ0v) is 20.9. The molecule has 2 N–H and O–H groups in total. The summed E-state index contributed by atoms with van der Waals surface area (Å²) in [5, 5.41) is 6.54. The van der Waals surface area contributed by atoms with Crippen molar-refractivity contribution in [3.05, 3.63) is 57.3 Å². The molecule has 4 heterocycles. The molecule has 0 atom stereocenters. The van der Waals surface area contributed by atoms with Crippen LogP contribution in [-0.4, -0.2) is 86.3 Å². The van der Waals surface area contributed by atoms with E-state index in [0.29, 0.717) is 50.8 Å². The minimum absolute atomic E-state index is 0.0156. The minimum Gasteiger partial charge on any atom is -0.378 e. The molecule has 2 aromatic rings. The first kappa shape index (κ1) is 24.4. The molecule has 10 heteroatoms. The maximum absolute atomic E-state index is 13.0. The first-order valence-corrected chi connectivity index (χ1v) is 13.1. The second-order valence-corrected chi connectivity index (χ2v) is 9.82. The van der Waals surface area contributed by atoms with Gasteiger partial charge >= 0.3 is 0 Å². The number of thiophene rings is 1. The lowest BCUT2D eigenvalue weighted by Crippen LogP contribution is -2.46. The summed E-state index contributed by atoms with van der Waals surface area (Å²) in [6, 6.07) is 9.33. The molecule has 188 valence electrons. The molecule has 2 amide bonds. The van der Waals surface area contributed by atoms with Gasteiger partial charge in [0.1, 0.15) is 0 Å². The molecule has 5 rings (SSSR count). The Kier molecular flexibility index (Phi) is 7.85. The van der Waals surface area contributed by atoms with Crippen molar-refractivity contribution in [2.75, 3.05) is 57.8 Å². The second-order valence-electron chi connectivity index (χ2n) is 8.74. The number of hydrogen-bond acceptors (Lipinski definition) is 8. The number of guanidine groups is 1. The summed E-state index contributed by atoms with van der Waals surface area (Å²) >= 11 is 1.52. The fraction of sp³-hybridized carbons (Fsp3) is 0.385. The quantitative estimate of drug-likeness (QED) is 0.667. The molecule has 2 fully saturated rings. The van der Waals surface area contributed by atoms with Gasteiger partial charge in [0.25, 0.3) is 11.8 Å². The Balaban J connectivity index is 1.28. The number of aliphatic imine (C=N–C) groups is 2. The number of allylic oxidation sites excluding steroid dienone is 1. The van der Waals surface area contributed by atoms with E-state index >= 15 is 0 Å². The highest BCUT2D eigenvalue weighted by molar-refractivity contribution is 7.15. The summed E-state index contributed by atoms with van der Waals surface area (Å²) in [5.41, 5.74) is 2.46. The zero-order chi connectivity index (χ0) is 24.7. The van der Waals surface area contributed by atoms with Crippen molar-refractivity contribution < 1.29 is 14.3 Å². The van der Waals surface area contributed by atoms with Crippen molar-refractivity contribution in [3.8, 4) is 0 Å². The molecule has 0 unspecified atom stereocenters. The smallest absolute Gasteiger partial charge is 0.264 e. The molecule has 36 heavy (non-hydrogen) atoms. The summed E-state index contributed by atoms with van der Waals surface area (Å²) in [4.78, 5) is 40.4. The van der Waals surface area contributed by atoms with Crippen LogP contribution in [0, 0.1) is 0 Å². The van der Waals surface area contributed by atoms with Gasteiger partial charge in [-0.25, -0.2) is 9.98 Å². The molecule has 0 bridgehead atoms. The van der Waals surface area contributed by atoms with E-state index in [-0.39, 0.29) is 11.8 Å². The molecule has 9 nitrogen and oxygen atoms in total. The van der Waals surface area contributed by atoms with Crippen molar-refractivity contribution in [2.45, 2.75) is 13.0 Å². The highest BCUT2D eigenvalue weighted by Gasteiger charge is 2.21. The Morgan fingerprint density at radius 3 is 2.53 bits per heavy atom. The number of fused-ring (bicyclic) bond motifs is 1. The third-order valence-electron chi connectivity index (χ3n) is 6.27. The average Bonchev–Trinajstić information content (AvgIpc) is 3.35. The van der Waals surface area contributed by atoms with Crippen LogP contribution in [-0.2, 0) is 11.3 Å². The van der Waals surface area contributed by atoms with Gasteiger partial charge in [-0.05, 0) is 42.0 Å². The summed E-state index contributed by atoms with van der Waals surface area (Å²) in [6.07, 6.45) is 6.57. The van der Waals surface area contributed by atoms with Crippen molar-refractivity contribution in [2.24, 2.45) is 9.98 Å². The summed E-state index contributed by atoms with van der Waals surface area (Å²) in [5.74, 6) is 0.592.